The van der Waals surface area contributed by atoms with Crippen LogP contribution in [0.2, 0.25) is 0 Å². The van der Waals surface area contributed by atoms with Crippen molar-refractivity contribution in [3.8, 4) is 0 Å². The van der Waals surface area contributed by atoms with Crippen LogP contribution in [0.25, 0.3) is 0 Å². The molecule has 0 aliphatic carbocycles. The van der Waals surface area contributed by atoms with Crippen LogP contribution in [-0.2, 0) is 13.5 Å². The minimum Gasteiger partial charge on any atom is -0.349 e. The number of carbonyl (C=O) groups is 2. The predicted molar refractivity (Wildman–Crippen MR) is 113 cm³/mol. The van der Waals surface area contributed by atoms with Gasteiger partial charge in [0.05, 0.1) is 0 Å². The molecule has 0 fully saturated rings. The maximum Gasteiger partial charge on any atom is 0.287 e. The summed E-state index contributed by atoms with van der Waals surface area (Å²) >= 11 is 0. The number of nitrogens with zero attached hydrogens (tertiary/aromatic N) is 3. The third-order valence-electron chi connectivity index (χ3n) is 4.99. The summed E-state index contributed by atoms with van der Waals surface area (Å²) in [6, 6.07) is 19.3. The molecule has 6 nitrogen and oxygen atoms in total. The smallest absolute Gasteiger partial charge is 0.287 e. The van der Waals surface area contributed by atoms with Gasteiger partial charge in [0.15, 0.2) is 5.82 Å². The second-order valence-electron chi connectivity index (χ2n) is 7.03. The molecule has 2 amide bonds. The highest BCUT2D eigenvalue weighted by atomic mass is 16.2. The lowest BCUT2D eigenvalue weighted by Crippen LogP contribution is -2.41. The minimum atomic E-state index is -0.215. The van der Waals surface area contributed by atoms with Crippen LogP contribution in [0.5, 0.6) is 0 Å². The van der Waals surface area contributed by atoms with Gasteiger partial charge >= 0.3 is 0 Å². The Morgan fingerprint density at radius 3 is 2.34 bits per heavy atom. The van der Waals surface area contributed by atoms with Crippen molar-refractivity contribution in [1.29, 1.82) is 0 Å². The van der Waals surface area contributed by atoms with Crippen molar-refractivity contribution in [2.24, 2.45) is 7.05 Å². The summed E-state index contributed by atoms with van der Waals surface area (Å²) < 4.78 is 1.68. The van der Waals surface area contributed by atoms with Gasteiger partial charge in [-0.3, -0.25) is 9.59 Å². The number of aromatic nitrogens is 2. The van der Waals surface area contributed by atoms with E-state index in [4.69, 9.17) is 0 Å². The standard InChI is InChI=1S/C23H26N4O2/c1-26-16-15-24-21(26)22(28)25-14-13-20(17-18-9-5-3-6-10-18)27(2)23(29)19-11-7-4-8-12-19/h3-12,15-16,20H,13-14,17H2,1-2H3,(H,25,28)/t20-/m1/s1. The number of likely N-dealkylation sites (N-methyl/N-ethyl adjacent to an activating group) is 1. The Hall–Kier alpha value is -3.41. The highest BCUT2D eigenvalue weighted by Crippen LogP contribution is 2.14. The average molecular weight is 390 g/mol. The van der Waals surface area contributed by atoms with Crippen LogP contribution in [0, 0.1) is 0 Å². The van der Waals surface area contributed by atoms with E-state index in [0.29, 0.717) is 30.8 Å². The third kappa shape index (κ3) is 5.31. The molecule has 1 atom stereocenters. The summed E-state index contributed by atoms with van der Waals surface area (Å²) in [4.78, 5) is 31.1. The SMILES string of the molecule is CN(C(=O)c1ccccc1)[C@H](CCNC(=O)c1nccn1C)Cc1ccccc1. The highest BCUT2D eigenvalue weighted by molar-refractivity contribution is 5.94. The maximum atomic E-state index is 12.9. The summed E-state index contributed by atoms with van der Waals surface area (Å²) in [6.45, 7) is 0.454. The van der Waals surface area contributed by atoms with Crippen molar-refractivity contribution in [1.82, 2.24) is 19.8 Å². The summed E-state index contributed by atoms with van der Waals surface area (Å²) in [5.74, 6) is 0.133. The molecule has 2 aromatic carbocycles. The van der Waals surface area contributed by atoms with E-state index in [-0.39, 0.29) is 17.9 Å². The lowest BCUT2D eigenvalue weighted by molar-refractivity contribution is 0.0722. The van der Waals surface area contributed by atoms with Crippen LogP contribution in [0.1, 0.15) is 33.0 Å². The normalized spacial score (nSPS) is 11.7. The number of rotatable bonds is 8. The Bertz CT molecular complexity index is 938. The van der Waals surface area contributed by atoms with E-state index in [0.717, 1.165) is 5.56 Å². The molecule has 1 aromatic heterocycles. The monoisotopic (exact) mass is 390 g/mol. The molecule has 0 aliphatic heterocycles. The summed E-state index contributed by atoms with van der Waals surface area (Å²) in [5, 5.41) is 2.92. The van der Waals surface area contributed by atoms with E-state index >= 15 is 0 Å². The van der Waals surface area contributed by atoms with Crippen molar-refractivity contribution in [2.45, 2.75) is 18.9 Å². The summed E-state index contributed by atoms with van der Waals surface area (Å²) in [6.07, 6.45) is 4.69. The second-order valence-corrected chi connectivity index (χ2v) is 7.03. The number of imidazole rings is 1. The van der Waals surface area contributed by atoms with E-state index in [1.54, 1.807) is 28.9 Å². The Kier molecular flexibility index (Phi) is 6.79. The Balaban J connectivity index is 1.68. The van der Waals surface area contributed by atoms with Crippen LogP contribution in [-0.4, -0.2) is 45.9 Å². The molecule has 1 N–H and O–H groups in total. The fourth-order valence-electron chi connectivity index (χ4n) is 3.28. The number of hydrogen-bond donors (Lipinski definition) is 1. The largest absolute Gasteiger partial charge is 0.349 e. The minimum absolute atomic E-state index is 0.0260. The molecule has 0 saturated carbocycles. The van der Waals surface area contributed by atoms with Crippen LogP contribution < -0.4 is 5.32 Å². The topological polar surface area (TPSA) is 67.2 Å². The van der Waals surface area contributed by atoms with Crippen molar-refractivity contribution >= 4 is 11.8 Å². The molecular weight excluding hydrogens is 364 g/mol. The summed E-state index contributed by atoms with van der Waals surface area (Å²) in [5.41, 5.74) is 1.81. The molecule has 150 valence electrons. The molecule has 29 heavy (non-hydrogen) atoms. The van der Waals surface area contributed by atoms with E-state index in [9.17, 15) is 9.59 Å². The van der Waals surface area contributed by atoms with Crippen LogP contribution in [0.15, 0.2) is 73.1 Å². The maximum absolute atomic E-state index is 12.9. The molecule has 6 heteroatoms. The van der Waals surface area contributed by atoms with Gasteiger partial charge in [0.25, 0.3) is 11.8 Å². The van der Waals surface area contributed by atoms with Crippen molar-refractivity contribution in [3.05, 3.63) is 90.0 Å². The molecular formula is C23H26N4O2. The number of hydrogen-bond acceptors (Lipinski definition) is 3. The Labute approximate surface area is 171 Å². The molecule has 0 aliphatic rings. The van der Waals surface area contributed by atoms with Gasteiger partial charge in [-0.05, 0) is 30.5 Å². The average Bonchev–Trinajstić information content (AvgIpc) is 3.19. The molecule has 3 aromatic rings. The first-order valence-electron chi connectivity index (χ1n) is 9.68. The molecule has 0 bridgehead atoms. The first-order chi connectivity index (χ1) is 14.1. The molecule has 0 saturated heterocycles. The Morgan fingerprint density at radius 2 is 1.72 bits per heavy atom. The number of amides is 2. The molecule has 0 unspecified atom stereocenters. The first-order valence-corrected chi connectivity index (χ1v) is 9.68. The number of aryl methyl sites for hydroxylation is 1. The van der Waals surface area contributed by atoms with Crippen LogP contribution in [0.4, 0.5) is 0 Å². The van der Waals surface area contributed by atoms with Gasteiger partial charge in [0.2, 0.25) is 0 Å². The van der Waals surface area contributed by atoms with Gasteiger partial charge in [0.1, 0.15) is 0 Å². The zero-order valence-electron chi connectivity index (χ0n) is 16.8. The Morgan fingerprint density at radius 1 is 1.07 bits per heavy atom. The van der Waals surface area contributed by atoms with E-state index in [1.807, 2.05) is 55.6 Å². The highest BCUT2D eigenvalue weighted by Gasteiger charge is 2.22. The van der Waals surface area contributed by atoms with Gasteiger partial charge in [-0.2, -0.15) is 0 Å². The van der Waals surface area contributed by atoms with E-state index < -0.39 is 0 Å². The molecule has 1 heterocycles. The van der Waals surface area contributed by atoms with Crippen LogP contribution in [0.3, 0.4) is 0 Å². The lowest BCUT2D eigenvalue weighted by atomic mass is 10.0. The summed E-state index contributed by atoms with van der Waals surface area (Å²) in [7, 11) is 3.61. The van der Waals surface area contributed by atoms with Gasteiger partial charge in [-0.25, -0.2) is 4.98 Å². The van der Waals surface area contributed by atoms with Crippen molar-refractivity contribution < 1.29 is 9.59 Å². The number of benzene rings is 2. The molecule has 0 radical (unpaired) electrons. The van der Waals surface area contributed by atoms with Gasteiger partial charge in [-0.15, -0.1) is 0 Å². The zero-order valence-corrected chi connectivity index (χ0v) is 16.8. The van der Waals surface area contributed by atoms with Gasteiger partial charge < -0.3 is 14.8 Å². The fourth-order valence-corrected chi connectivity index (χ4v) is 3.28. The van der Waals surface area contributed by atoms with Gasteiger partial charge in [0, 0.05) is 44.6 Å². The second kappa shape index (κ2) is 9.68. The van der Waals surface area contributed by atoms with Crippen molar-refractivity contribution in [3.63, 3.8) is 0 Å². The first kappa shape index (κ1) is 20.3. The predicted octanol–water partition coefficient (Wildman–Crippen LogP) is 2.92. The number of carbonyl (C=O) groups excluding carboxylic acids is 2. The van der Waals surface area contributed by atoms with E-state index in [2.05, 4.69) is 22.4 Å². The zero-order chi connectivity index (χ0) is 20.6. The lowest BCUT2D eigenvalue weighted by Gasteiger charge is -2.29. The van der Waals surface area contributed by atoms with Crippen molar-refractivity contribution in [2.75, 3.05) is 13.6 Å². The van der Waals surface area contributed by atoms with E-state index in [1.165, 1.54) is 0 Å². The molecule has 3 rings (SSSR count). The van der Waals surface area contributed by atoms with Gasteiger partial charge in [-0.1, -0.05) is 48.5 Å². The number of nitrogens with one attached hydrogen (secondary N) is 1. The quantitative estimate of drug-likeness (QED) is 0.643. The fraction of sp³-hybridized carbons (Fsp3) is 0.261. The van der Waals surface area contributed by atoms with Crippen LogP contribution >= 0.6 is 0 Å². The molecule has 0 spiro atoms. The third-order valence-corrected chi connectivity index (χ3v) is 4.99.